The van der Waals surface area contributed by atoms with E-state index in [0.717, 1.165) is 31.4 Å². The molecule has 0 saturated carbocycles. The minimum atomic E-state index is -0.191. The first kappa shape index (κ1) is 19.5. The van der Waals surface area contributed by atoms with E-state index >= 15 is 0 Å². The Labute approximate surface area is 161 Å². The van der Waals surface area contributed by atoms with Crippen LogP contribution in [0.15, 0.2) is 18.2 Å². The van der Waals surface area contributed by atoms with E-state index in [1.54, 1.807) is 14.2 Å². The summed E-state index contributed by atoms with van der Waals surface area (Å²) in [6.45, 7) is 4.10. The van der Waals surface area contributed by atoms with Crippen molar-refractivity contribution in [3.63, 3.8) is 0 Å². The van der Waals surface area contributed by atoms with Crippen LogP contribution < -0.4 is 9.47 Å². The molecule has 2 aliphatic rings. The van der Waals surface area contributed by atoms with Crippen molar-refractivity contribution >= 4 is 11.8 Å². The monoisotopic (exact) mass is 374 g/mol. The van der Waals surface area contributed by atoms with Gasteiger partial charge in [0.05, 0.1) is 20.1 Å². The van der Waals surface area contributed by atoms with Crippen LogP contribution in [0.25, 0.3) is 0 Å². The van der Waals surface area contributed by atoms with E-state index in [2.05, 4.69) is 6.92 Å². The summed E-state index contributed by atoms with van der Waals surface area (Å²) in [4.78, 5) is 29.1. The van der Waals surface area contributed by atoms with E-state index in [4.69, 9.17) is 9.47 Å². The van der Waals surface area contributed by atoms with Crippen molar-refractivity contribution in [3.8, 4) is 11.5 Å². The summed E-state index contributed by atoms with van der Waals surface area (Å²) < 4.78 is 10.6. The molecule has 0 aromatic heterocycles. The molecule has 0 N–H and O–H groups in total. The topological polar surface area (TPSA) is 59.1 Å². The Bertz CT molecular complexity index is 691. The molecule has 0 bridgehead atoms. The summed E-state index contributed by atoms with van der Waals surface area (Å²) in [5.41, 5.74) is 1.08. The second kappa shape index (κ2) is 8.63. The first-order valence-corrected chi connectivity index (χ1v) is 9.82. The third-order valence-electron chi connectivity index (χ3n) is 5.77. The highest BCUT2D eigenvalue weighted by Gasteiger charge is 2.37. The number of amides is 2. The molecule has 2 heterocycles. The van der Waals surface area contributed by atoms with Gasteiger partial charge in [0, 0.05) is 32.1 Å². The second-order valence-corrected chi connectivity index (χ2v) is 7.56. The van der Waals surface area contributed by atoms with Crippen molar-refractivity contribution in [1.82, 2.24) is 9.80 Å². The van der Waals surface area contributed by atoms with Crippen molar-refractivity contribution in [2.75, 3.05) is 33.9 Å². The molecular weight excluding hydrogens is 344 g/mol. The molecule has 0 aliphatic carbocycles. The lowest BCUT2D eigenvalue weighted by molar-refractivity contribution is -0.139. The number of likely N-dealkylation sites (tertiary alicyclic amines) is 2. The van der Waals surface area contributed by atoms with Gasteiger partial charge < -0.3 is 19.3 Å². The van der Waals surface area contributed by atoms with E-state index in [1.165, 1.54) is 6.42 Å². The van der Waals surface area contributed by atoms with E-state index in [0.29, 0.717) is 37.1 Å². The SMILES string of the molecule is COc1ccc(CCN2C[C@@H](C(=O)N3CCCC[C@H]3C)CC2=O)cc1OC. The molecule has 0 unspecified atom stereocenters. The zero-order valence-electron chi connectivity index (χ0n) is 16.6. The van der Waals surface area contributed by atoms with E-state index in [1.807, 2.05) is 28.0 Å². The van der Waals surface area contributed by atoms with Gasteiger partial charge in [0.2, 0.25) is 11.8 Å². The Kier molecular flexibility index (Phi) is 6.24. The Morgan fingerprint density at radius 1 is 1.19 bits per heavy atom. The number of rotatable bonds is 6. The lowest BCUT2D eigenvalue weighted by atomic mass is 9.99. The second-order valence-electron chi connectivity index (χ2n) is 7.56. The molecule has 2 fully saturated rings. The third kappa shape index (κ3) is 4.37. The van der Waals surface area contributed by atoms with Crippen LogP contribution in [0.2, 0.25) is 0 Å². The largest absolute Gasteiger partial charge is 0.493 e. The predicted octanol–water partition coefficient (Wildman–Crippen LogP) is 2.50. The minimum absolute atomic E-state index is 0.0819. The molecule has 3 rings (SSSR count). The zero-order chi connectivity index (χ0) is 19.4. The van der Waals surface area contributed by atoms with Crippen molar-refractivity contribution in [2.45, 2.75) is 45.1 Å². The number of carbonyl (C=O) groups excluding carboxylic acids is 2. The van der Waals surface area contributed by atoms with Crippen molar-refractivity contribution in [3.05, 3.63) is 23.8 Å². The van der Waals surface area contributed by atoms with Gasteiger partial charge in [0.1, 0.15) is 0 Å². The van der Waals surface area contributed by atoms with Gasteiger partial charge in [-0.25, -0.2) is 0 Å². The average molecular weight is 374 g/mol. The van der Waals surface area contributed by atoms with Gasteiger partial charge in [-0.2, -0.15) is 0 Å². The first-order valence-electron chi connectivity index (χ1n) is 9.82. The highest BCUT2D eigenvalue weighted by atomic mass is 16.5. The number of hydrogen-bond acceptors (Lipinski definition) is 4. The molecule has 2 saturated heterocycles. The van der Waals surface area contributed by atoms with Gasteiger partial charge in [-0.3, -0.25) is 9.59 Å². The van der Waals surface area contributed by atoms with Crippen molar-refractivity contribution in [2.24, 2.45) is 5.92 Å². The number of hydrogen-bond donors (Lipinski definition) is 0. The Hall–Kier alpha value is -2.24. The number of carbonyl (C=O) groups is 2. The maximum atomic E-state index is 12.8. The standard InChI is InChI=1S/C21H30N2O4/c1-15-6-4-5-10-23(15)21(25)17-13-20(24)22(14-17)11-9-16-7-8-18(26-2)19(12-16)27-3/h7-8,12,15,17H,4-6,9-11,13-14H2,1-3H3/t15-,17+/m1/s1. The van der Waals surface area contributed by atoms with E-state index in [-0.39, 0.29) is 17.7 Å². The fraction of sp³-hybridized carbons (Fsp3) is 0.619. The van der Waals surface area contributed by atoms with Gasteiger partial charge in [-0.05, 0) is 50.3 Å². The van der Waals surface area contributed by atoms with Crippen molar-refractivity contribution in [1.29, 1.82) is 0 Å². The van der Waals surface area contributed by atoms with Crippen LogP contribution in [0.3, 0.4) is 0 Å². The average Bonchev–Trinajstić information content (AvgIpc) is 3.06. The quantitative estimate of drug-likeness (QED) is 0.768. The molecule has 2 aliphatic heterocycles. The Morgan fingerprint density at radius 2 is 1.96 bits per heavy atom. The van der Waals surface area contributed by atoms with Crippen LogP contribution >= 0.6 is 0 Å². The van der Waals surface area contributed by atoms with Crippen LogP contribution in [0.1, 0.15) is 38.2 Å². The predicted molar refractivity (Wildman–Crippen MR) is 103 cm³/mol. The summed E-state index contributed by atoms with van der Waals surface area (Å²) in [6.07, 6.45) is 4.39. The van der Waals surface area contributed by atoms with Crippen LogP contribution in [-0.2, 0) is 16.0 Å². The van der Waals surface area contributed by atoms with Crippen LogP contribution in [0.4, 0.5) is 0 Å². The number of piperidine rings is 1. The molecule has 2 amide bonds. The molecule has 2 atom stereocenters. The van der Waals surface area contributed by atoms with Gasteiger partial charge in [-0.15, -0.1) is 0 Å². The van der Waals surface area contributed by atoms with E-state index in [9.17, 15) is 9.59 Å². The summed E-state index contributed by atoms with van der Waals surface area (Å²) in [5.74, 6) is 1.43. The summed E-state index contributed by atoms with van der Waals surface area (Å²) in [7, 11) is 3.23. The van der Waals surface area contributed by atoms with Gasteiger partial charge >= 0.3 is 0 Å². The highest BCUT2D eigenvalue weighted by Crippen LogP contribution is 2.29. The Balaban J connectivity index is 1.57. The van der Waals surface area contributed by atoms with Gasteiger partial charge in [0.25, 0.3) is 0 Å². The van der Waals surface area contributed by atoms with Gasteiger partial charge in [0.15, 0.2) is 11.5 Å². The molecule has 1 aromatic rings. The summed E-state index contributed by atoms with van der Waals surface area (Å²) in [5, 5.41) is 0. The Morgan fingerprint density at radius 3 is 2.67 bits per heavy atom. The molecule has 148 valence electrons. The molecule has 6 nitrogen and oxygen atoms in total. The normalized spacial score (nSPS) is 22.9. The summed E-state index contributed by atoms with van der Waals surface area (Å²) >= 11 is 0. The van der Waals surface area contributed by atoms with E-state index < -0.39 is 0 Å². The van der Waals surface area contributed by atoms with Gasteiger partial charge in [-0.1, -0.05) is 6.07 Å². The molecular formula is C21H30N2O4. The van der Waals surface area contributed by atoms with Crippen LogP contribution in [0, 0.1) is 5.92 Å². The maximum Gasteiger partial charge on any atom is 0.228 e. The van der Waals surface area contributed by atoms with Crippen LogP contribution in [-0.4, -0.2) is 61.5 Å². The van der Waals surface area contributed by atoms with Crippen LogP contribution in [0.5, 0.6) is 11.5 Å². The molecule has 0 spiro atoms. The van der Waals surface area contributed by atoms with Crippen molar-refractivity contribution < 1.29 is 19.1 Å². The first-order chi connectivity index (χ1) is 13.0. The lowest BCUT2D eigenvalue weighted by Crippen LogP contribution is -2.45. The minimum Gasteiger partial charge on any atom is -0.493 e. The number of nitrogens with zero attached hydrogens (tertiary/aromatic N) is 2. The number of benzene rings is 1. The lowest BCUT2D eigenvalue weighted by Gasteiger charge is -2.35. The highest BCUT2D eigenvalue weighted by molar-refractivity contribution is 5.89. The number of methoxy groups -OCH3 is 2. The molecule has 0 radical (unpaired) electrons. The molecule has 1 aromatic carbocycles. The molecule has 6 heteroatoms. The summed E-state index contributed by atoms with van der Waals surface area (Å²) in [6, 6.07) is 6.10. The number of ether oxygens (including phenoxy) is 2. The zero-order valence-corrected chi connectivity index (χ0v) is 16.6. The molecule has 27 heavy (non-hydrogen) atoms. The fourth-order valence-electron chi connectivity index (χ4n) is 4.11. The third-order valence-corrected chi connectivity index (χ3v) is 5.77. The maximum absolute atomic E-state index is 12.8. The fourth-order valence-corrected chi connectivity index (χ4v) is 4.11. The smallest absolute Gasteiger partial charge is 0.228 e.